The predicted molar refractivity (Wildman–Crippen MR) is 114 cm³/mol. The summed E-state index contributed by atoms with van der Waals surface area (Å²) in [6, 6.07) is 8.24. The van der Waals surface area contributed by atoms with E-state index < -0.39 is 17.5 Å². The molecule has 28 heavy (non-hydrogen) atoms. The zero-order valence-electron chi connectivity index (χ0n) is 17.9. The number of aliphatic imine (C=N–C) groups is 1. The van der Waals surface area contributed by atoms with Crippen LogP contribution in [0, 0.1) is 5.41 Å². The van der Waals surface area contributed by atoms with E-state index in [0.29, 0.717) is 6.42 Å². The molecule has 6 N–H and O–H groups in total. The number of carbonyl (C=O) groups excluding carboxylic acids is 2. The lowest BCUT2D eigenvalue weighted by molar-refractivity contribution is -0.129. The minimum atomic E-state index is -0.757. The van der Waals surface area contributed by atoms with Gasteiger partial charge in [-0.05, 0) is 26.3 Å². The van der Waals surface area contributed by atoms with Crippen LogP contribution >= 0.6 is 0 Å². The minimum absolute atomic E-state index is 0.0316. The Balaban J connectivity index is 2.91. The number of amides is 1. The number of hydrogen-bond donors (Lipinski definition) is 4. The highest BCUT2D eigenvalue weighted by Crippen LogP contribution is 2.18. The second-order valence-electron chi connectivity index (χ2n) is 9.07. The van der Waals surface area contributed by atoms with E-state index >= 15 is 0 Å². The first kappa shape index (κ1) is 23.6. The van der Waals surface area contributed by atoms with E-state index in [1.54, 1.807) is 0 Å². The van der Waals surface area contributed by atoms with Crippen molar-refractivity contribution in [1.29, 1.82) is 0 Å². The van der Waals surface area contributed by atoms with Crippen molar-refractivity contribution in [3.63, 3.8) is 0 Å². The summed E-state index contributed by atoms with van der Waals surface area (Å²) in [7, 11) is 0. The van der Waals surface area contributed by atoms with E-state index in [2.05, 4.69) is 15.6 Å². The molecular formula is C21H35N5O2. The standard InChI is InChI=1S/C21H35N5O2/c1-20(2,3)17(27)16(26-21(4,5)6)13-24-18(28)15(25-19(22)23)12-14-10-8-7-9-11-14/h7-11,15-16,26H,12-13H2,1-6H3,(H,24,28)(H4,22,23,25)/t15-,16-/m0/s1. The van der Waals surface area contributed by atoms with Gasteiger partial charge >= 0.3 is 0 Å². The predicted octanol–water partition coefficient (Wildman–Crippen LogP) is 1.36. The third-order valence-corrected chi connectivity index (χ3v) is 4.02. The van der Waals surface area contributed by atoms with Gasteiger partial charge in [-0.1, -0.05) is 51.1 Å². The number of rotatable bonds is 8. The highest BCUT2D eigenvalue weighted by molar-refractivity contribution is 5.90. The second-order valence-corrected chi connectivity index (χ2v) is 9.07. The van der Waals surface area contributed by atoms with Crippen LogP contribution in [0.4, 0.5) is 0 Å². The summed E-state index contributed by atoms with van der Waals surface area (Å²) in [5, 5.41) is 6.14. The number of ketones is 1. The molecule has 0 aliphatic carbocycles. The van der Waals surface area contributed by atoms with E-state index in [1.165, 1.54) is 0 Å². The zero-order valence-corrected chi connectivity index (χ0v) is 17.9. The molecule has 0 fully saturated rings. The van der Waals surface area contributed by atoms with Crippen LogP contribution in [0.1, 0.15) is 47.1 Å². The molecule has 2 atom stereocenters. The lowest BCUT2D eigenvalue weighted by Crippen LogP contribution is -2.56. The Bertz CT molecular complexity index is 683. The maximum absolute atomic E-state index is 12.8. The molecule has 0 aromatic heterocycles. The fraction of sp³-hybridized carbons (Fsp3) is 0.571. The van der Waals surface area contributed by atoms with E-state index in [9.17, 15) is 9.59 Å². The van der Waals surface area contributed by atoms with Crippen LogP contribution in [0.15, 0.2) is 35.3 Å². The summed E-state index contributed by atoms with van der Waals surface area (Å²) in [6.07, 6.45) is 0.370. The van der Waals surface area contributed by atoms with E-state index in [4.69, 9.17) is 11.5 Å². The van der Waals surface area contributed by atoms with Gasteiger partial charge < -0.3 is 22.1 Å². The lowest BCUT2D eigenvalue weighted by atomic mass is 9.85. The first-order chi connectivity index (χ1) is 12.8. The molecule has 0 aliphatic heterocycles. The molecular weight excluding hydrogens is 354 g/mol. The fourth-order valence-corrected chi connectivity index (χ4v) is 2.79. The minimum Gasteiger partial charge on any atom is -0.370 e. The van der Waals surface area contributed by atoms with Crippen molar-refractivity contribution >= 4 is 17.6 Å². The van der Waals surface area contributed by atoms with Crippen LogP contribution in [-0.2, 0) is 16.0 Å². The van der Waals surface area contributed by atoms with Crippen molar-refractivity contribution < 1.29 is 9.59 Å². The number of carbonyl (C=O) groups is 2. The molecule has 156 valence electrons. The number of benzene rings is 1. The Hall–Kier alpha value is -2.41. The summed E-state index contributed by atoms with van der Waals surface area (Å²) in [4.78, 5) is 29.6. The summed E-state index contributed by atoms with van der Waals surface area (Å²) in [6.45, 7) is 11.7. The molecule has 0 spiro atoms. The first-order valence-corrected chi connectivity index (χ1v) is 9.52. The van der Waals surface area contributed by atoms with Crippen LogP contribution < -0.4 is 22.1 Å². The molecule has 1 amide bonds. The molecule has 7 heteroatoms. The Kier molecular flexibility index (Phi) is 8.17. The topological polar surface area (TPSA) is 123 Å². The van der Waals surface area contributed by atoms with Gasteiger partial charge in [-0.15, -0.1) is 0 Å². The maximum Gasteiger partial charge on any atom is 0.245 e. The number of hydrogen-bond acceptors (Lipinski definition) is 4. The van der Waals surface area contributed by atoms with Gasteiger partial charge in [-0.25, -0.2) is 4.99 Å². The van der Waals surface area contributed by atoms with Gasteiger partial charge in [0.1, 0.15) is 6.04 Å². The lowest BCUT2D eigenvalue weighted by Gasteiger charge is -2.32. The number of nitrogens with two attached hydrogens (primary N) is 2. The van der Waals surface area contributed by atoms with Gasteiger partial charge in [0.2, 0.25) is 5.91 Å². The summed E-state index contributed by atoms with van der Waals surface area (Å²) >= 11 is 0. The van der Waals surface area contributed by atoms with Gasteiger partial charge in [-0.3, -0.25) is 9.59 Å². The zero-order chi connectivity index (χ0) is 21.5. The van der Waals surface area contributed by atoms with Crippen molar-refractivity contribution in [1.82, 2.24) is 10.6 Å². The van der Waals surface area contributed by atoms with Crippen molar-refractivity contribution in [2.24, 2.45) is 21.9 Å². The van der Waals surface area contributed by atoms with E-state index in [1.807, 2.05) is 71.9 Å². The third kappa shape index (κ3) is 8.52. The second kappa shape index (κ2) is 9.68. The van der Waals surface area contributed by atoms with Gasteiger partial charge in [0, 0.05) is 23.9 Å². The molecule has 7 nitrogen and oxygen atoms in total. The van der Waals surface area contributed by atoms with Gasteiger partial charge in [-0.2, -0.15) is 0 Å². The Morgan fingerprint density at radius 2 is 1.61 bits per heavy atom. The molecule has 1 aromatic rings. The van der Waals surface area contributed by atoms with Crippen molar-refractivity contribution in [2.75, 3.05) is 6.54 Å². The highest BCUT2D eigenvalue weighted by Gasteiger charge is 2.32. The quantitative estimate of drug-likeness (QED) is 0.395. The van der Waals surface area contributed by atoms with E-state index in [-0.39, 0.29) is 29.7 Å². The number of Topliss-reactive ketones (excluding diaryl/α,β-unsaturated/α-hetero) is 1. The number of nitrogens with one attached hydrogen (secondary N) is 2. The summed E-state index contributed by atoms with van der Waals surface area (Å²) in [5.41, 5.74) is 11.2. The fourth-order valence-electron chi connectivity index (χ4n) is 2.79. The largest absolute Gasteiger partial charge is 0.370 e. The Morgan fingerprint density at radius 3 is 2.07 bits per heavy atom. The molecule has 0 radical (unpaired) electrons. The maximum atomic E-state index is 12.8. The van der Waals surface area contributed by atoms with Crippen molar-refractivity contribution in [3.8, 4) is 0 Å². The summed E-state index contributed by atoms with van der Waals surface area (Å²) < 4.78 is 0. The van der Waals surface area contributed by atoms with Crippen molar-refractivity contribution in [2.45, 2.75) is 65.6 Å². The average Bonchev–Trinajstić information content (AvgIpc) is 2.55. The van der Waals surface area contributed by atoms with Gasteiger partial charge in [0.25, 0.3) is 0 Å². The number of guanidine groups is 1. The molecule has 0 saturated carbocycles. The molecule has 0 bridgehead atoms. The smallest absolute Gasteiger partial charge is 0.245 e. The highest BCUT2D eigenvalue weighted by atomic mass is 16.2. The van der Waals surface area contributed by atoms with Gasteiger partial charge in [0.15, 0.2) is 11.7 Å². The first-order valence-electron chi connectivity index (χ1n) is 9.52. The molecule has 0 saturated heterocycles. The monoisotopic (exact) mass is 389 g/mol. The molecule has 0 aliphatic rings. The van der Waals surface area contributed by atoms with Crippen LogP contribution in [0.25, 0.3) is 0 Å². The SMILES string of the molecule is CC(C)(C)N[C@@H](CNC(=O)[C@H](Cc1ccccc1)N=C(N)N)C(=O)C(C)(C)C. The van der Waals surface area contributed by atoms with E-state index in [0.717, 1.165) is 5.56 Å². The Morgan fingerprint density at radius 1 is 1.04 bits per heavy atom. The molecule has 1 rings (SSSR count). The van der Waals surface area contributed by atoms with Crippen LogP contribution in [0.5, 0.6) is 0 Å². The number of nitrogens with zero attached hydrogens (tertiary/aromatic N) is 1. The molecule has 0 heterocycles. The van der Waals surface area contributed by atoms with Crippen LogP contribution in [0.3, 0.4) is 0 Å². The normalized spacial score (nSPS) is 14.1. The van der Waals surface area contributed by atoms with Crippen LogP contribution in [0.2, 0.25) is 0 Å². The Labute approximate surface area is 168 Å². The molecule has 1 aromatic carbocycles. The average molecular weight is 390 g/mol. The van der Waals surface area contributed by atoms with Crippen LogP contribution in [-0.4, -0.2) is 41.8 Å². The third-order valence-electron chi connectivity index (χ3n) is 4.02. The summed E-state index contributed by atoms with van der Waals surface area (Å²) in [5.74, 6) is -0.435. The van der Waals surface area contributed by atoms with Crippen molar-refractivity contribution in [3.05, 3.63) is 35.9 Å². The molecule has 0 unspecified atom stereocenters. The van der Waals surface area contributed by atoms with Gasteiger partial charge in [0.05, 0.1) is 6.04 Å².